The Hall–Kier alpha value is -6.04. The van der Waals surface area contributed by atoms with Gasteiger partial charge in [-0.3, -0.25) is 0 Å². The molecule has 0 amide bonds. The van der Waals surface area contributed by atoms with Crippen molar-refractivity contribution in [2.45, 2.75) is 0 Å². The molecule has 1 spiro atoms. The van der Waals surface area contributed by atoms with Crippen molar-refractivity contribution in [2.75, 3.05) is 0 Å². The molecule has 13 rings (SSSR count). The van der Waals surface area contributed by atoms with Crippen molar-refractivity contribution >= 4 is 106 Å². The first-order valence-corrected chi connectivity index (χ1v) is 18.2. The molecule has 0 fully saturated rings. The molecule has 0 saturated heterocycles. The number of hydrogen-bond donors (Lipinski definition) is 0. The van der Waals surface area contributed by atoms with Crippen LogP contribution in [0.5, 0.6) is 0 Å². The molecule has 7 aromatic carbocycles. The third-order valence-corrected chi connectivity index (χ3v) is 15.9. The molecule has 2 aliphatic heterocycles. The first kappa shape index (κ1) is 23.3. The Balaban J connectivity index is 1.46. The lowest BCUT2D eigenvalue weighted by Crippen LogP contribution is -2.71. The van der Waals surface area contributed by atoms with Crippen LogP contribution in [0.2, 0.25) is 0 Å². The third kappa shape index (κ3) is 2.31. The van der Waals surface area contributed by atoms with Crippen LogP contribution in [0.25, 0.3) is 93.0 Å². The van der Waals surface area contributed by atoms with Crippen LogP contribution in [0.1, 0.15) is 0 Å². The number of benzene rings is 7. The molecule has 5 heteroatoms. The monoisotopic (exact) mass is 613 g/mol. The second kappa shape index (κ2) is 7.49. The molecule has 47 heavy (non-hydrogen) atoms. The Bertz CT molecular complexity index is 3130. The molecular weight excluding hydrogens is 591 g/mol. The van der Waals surface area contributed by atoms with E-state index in [1.165, 1.54) is 92.3 Å². The molecule has 2 aliphatic rings. The van der Waals surface area contributed by atoms with Gasteiger partial charge < -0.3 is 17.4 Å². The van der Waals surface area contributed by atoms with Gasteiger partial charge in [-0.25, -0.2) is 0 Å². The van der Waals surface area contributed by atoms with E-state index in [1.807, 2.05) is 0 Å². The molecular formula is C42H23N3OSi-. The van der Waals surface area contributed by atoms with Gasteiger partial charge in [-0.05, 0) is 48.5 Å². The van der Waals surface area contributed by atoms with E-state index in [4.69, 9.17) is 4.42 Å². The number of hydrogen-bond acceptors (Lipinski definition) is 1. The molecule has 0 radical (unpaired) electrons. The quantitative estimate of drug-likeness (QED) is 0.157. The van der Waals surface area contributed by atoms with Crippen LogP contribution in [0.4, 0.5) is 0 Å². The summed E-state index contributed by atoms with van der Waals surface area (Å²) in [5.74, 6) is 0. The minimum atomic E-state index is -3.22. The fraction of sp³-hybridized carbons (Fsp3) is 0. The lowest BCUT2D eigenvalue weighted by atomic mass is 10.1. The van der Waals surface area contributed by atoms with E-state index in [0.717, 1.165) is 11.2 Å². The lowest BCUT2D eigenvalue weighted by Gasteiger charge is -2.53. The van der Waals surface area contributed by atoms with Gasteiger partial charge in [0.15, 0.2) is 0 Å². The number of fused-ring (bicyclic) bond motifs is 15. The van der Waals surface area contributed by atoms with E-state index in [2.05, 4.69) is 153 Å². The summed E-state index contributed by atoms with van der Waals surface area (Å²) in [6.07, 6.45) is 0. The van der Waals surface area contributed by atoms with Crippen LogP contribution in [-0.2, 0) is 0 Å². The van der Waals surface area contributed by atoms with Crippen molar-refractivity contribution in [3.05, 3.63) is 140 Å². The summed E-state index contributed by atoms with van der Waals surface area (Å²) in [6.45, 7) is 0. The first-order chi connectivity index (χ1) is 23.4. The van der Waals surface area contributed by atoms with Gasteiger partial charge in [0.05, 0.1) is 16.3 Å². The molecule has 0 saturated carbocycles. The summed E-state index contributed by atoms with van der Waals surface area (Å²) in [5, 5.41) is 13.0. The SMILES string of the molecule is c1ccc2c(c1)-n1c3ccccc3c3cccc(c31)[Si-]21n2c3ccccc3c3ccc4oc5ccc6c7ccccc7n1c6c5c4c32. The van der Waals surface area contributed by atoms with Gasteiger partial charge >= 0.3 is 0 Å². The summed E-state index contributed by atoms with van der Waals surface area (Å²) >= 11 is 0. The van der Waals surface area contributed by atoms with Crippen molar-refractivity contribution in [2.24, 2.45) is 0 Å². The maximum absolute atomic E-state index is 6.73. The molecule has 11 aromatic rings. The van der Waals surface area contributed by atoms with Crippen molar-refractivity contribution in [3.8, 4) is 5.69 Å². The minimum Gasteiger partial charge on any atom is -0.469 e. The molecule has 0 atom stereocenters. The maximum Gasteiger partial charge on any atom is 0.137 e. The average molecular weight is 614 g/mol. The van der Waals surface area contributed by atoms with E-state index in [-0.39, 0.29) is 0 Å². The van der Waals surface area contributed by atoms with Crippen molar-refractivity contribution in [1.82, 2.24) is 13.0 Å². The van der Waals surface area contributed by atoms with Crippen molar-refractivity contribution in [3.63, 3.8) is 0 Å². The van der Waals surface area contributed by atoms with E-state index in [9.17, 15) is 0 Å². The fourth-order valence-electron chi connectivity index (χ4n) is 9.76. The van der Waals surface area contributed by atoms with Crippen molar-refractivity contribution in [1.29, 1.82) is 0 Å². The zero-order chi connectivity index (χ0) is 30.2. The Morgan fingerprint density at radius 2 is 0.872 bits per heavy atom. The number of aromatic nitrogens is 3. The van der Waals surface area contributed by atoms with Crippen LogP contribution >= 0.6 is 0 Å². The van der Waals surface area contributed by atoms with Crippen molar-refractivity contribution < 1.29 is 4.42 Å². The summed E-state index contributed by atoms with van der Waals surface area (Å²) in [6, 6.07) is 52.3. The maximum atomic E-state index is 6.73. The summed E-state index contributed by atoms with van der Waals surface area (Å²) in [5.41, 5.74) is 10.8. The topological polar surface area (TPSA) is 27.9 Å². The van der Waals surface area contributed by atoms with E-state index in [0.29, 0.717) is 0 Å². The summed E-state index contributed by atoms with van der Waals surface area (Å²) < 4.78 is 14.9. The van der Waals surface area contributed by atoms with E-state index >= 15 is 0 Å². The van der Waals surface area contributed by atoms with Gasteiger partial charge in [0, 0.05) is 65.6 Å². The van der Waals surface area contributed by atoms with Crippen LogP contribution in [-0.4, -0.2) is 21.4 Å². The highest BCUT2D eigenvalue weighted by Crippen LogP contribution is 2.49. The second-order valence-electron chi connectivity index (χ2n) is 13.2. The Kier molecular flexibility index (Phi) is 3.72. The van der Waals surface area contributed by atoms with Gasteiger partial charge in [0.2, 0.25) is 0 Å². The van der Waals surface area contributed by atoms with Gasteiger partial charge in [0.25, 0.3) is 0 Å². The van der Waals surface area contributed by atoms with Gasteiger partial charge in [0.1, 0.15) is 19.6 Å². The molecule has 0 bridgehead atoms. The highest BCUT2D eigenvalue weighted by molar-refractivity contribution is 7.04. The van der Waals surface area contributed by atoms with E-state index in [1.54, 1.807) is 0 Å². The summed E-state index contributed by atoms with van der Waals surface area (Å²) in [7, 11) is -3.22. The predicted molar refractivity (Wildman–Crippen MR) is 196 cm³/mol. The molecule has 4 nitrogen and oxygen atoms in total. The minimum absolute atomic E-state index is 0.948. The first-order valence-electron chi connectivity index (χ1n) is 16.3. The third-order valence-electron chi connectivity index (χ3n) is 11.3. The average Bonchev–Trinajstić information content (AvgIpc) is 3.84. The standard InChI is InChI=1S/C42H23N3OSi/c1-4-14-30-24(10-1)27-13-9-19-37-40(27)43(30)33-17-7-8-18-36(33)47(37)44-31-15-5-2-11-25(31)28-20-22-34-38(41(28)44)39-35(46-34)23-21-29-26-12-3-6-16-32(26)45(47)42(29)39/h1-23H/q-1. The number of furan rings is 1. The highest BCUT2D eigenvalue weighted by Gasteiger charge is 2.43. The van der Waals surface area contributed by atoms with Crippen LogP contribution in [0.15, 0.2) is 144 Å². The summed E-state index contributed by atoms with van der Waals surface area (Å²) in [4.78, 5) is 0. The molecule has 0 N–H and O–H groups in total. The van der Waals surface area contributed by atoms with Crippen LogP contribution in [0, 0.1) is 0 Å². The number of para-hydroxylation sites is 5. The highest BCUT2D eigenvalue weighted by atomic mass is 28.3. The zero-order valence-corrected chi connectivity index (χ0v) is 26.0. The molecule has 217 valence electrons. The molecule has 4 aromatic heterocycles. The molecule has 6 heterocycles. The predicted octanol–water partition coefficient (Wildman–Crippen LogP) is 9.18. The van der Waals surface area contributed by atoms with E-state index < -0.39 is 8.40 Å². The normalized spacial score (nSPS) is 14.6. The van der Waals surface area contributed by atoms with Crippen LogP contribution < -0.4 is 10.4 Å². The second-order valence-corrected chi connectivity index (χ2v) is 16.5. The molecule has 0 aliphatic carbocycles. The Labute approximate surface area is 268 Å². The lowest BCUT2D eigenvalue weighted by molar-refractivity contribution is 0.669. The fourth-order valence-corrected chi connectivity index (χ4v) is 15.2. The molecule has 0 unspecified atom stereocenters. The Morgan fingerprint density at radius 1 is 0.383 bits per heavy atom. The van der Waals surface area contributed by atoms with Gasteiger partial charge in [-0.15, -0.1) is 10.4 Å². The van der Waals surface area contributed by atoms with Gasteiger partial charge in [-0.2, -0.15) is 0 Å². The zero-order valence-electron chi connectivity index (χ0n) is 25.0. The smallest absolute Gasteiger partial charge is 0.137 e. The Morgan fingerprint density at radius 3 is 1.53 bits per heavy atom. The number of nitrogens with zero attached hydrogens (tertiary/aromatic N) is 3. The van der Waals surface area contributed by atoms with Gasteiger partial charge in [-0.1, -0.05) is 91.0 Å². The largest absolute Gasteiger partial charge is 0.469 e. The number of rotatable bonds is 0. The van der Waals surface area contributed by atoms with Crippen LogP contribution in [0.3, 0.4) is 0 Å².